The number of hydrogen-bond acceptors (Lipinski definition) is 5. The van der Waals surface area contributed by atoms with Crippen LogP contribution in [-0.4, -0.2) is 17.4 Å². The summed E-state index contributed by atoms with van der Waals surface area (Å²) in [5.74, 6) is -0.118. The van der Waals surface area contributed by atoms with E-state index >= 15 is 0 Å². The van der Waals surface area contributed by atoms with Crippen molar-refractivity contribution in [2.24, 2.45) is 0 Å². The third-order valence-corrected chi connectivity index (χ3v) is 3.34. The predicted octanol–water partition coefficient (Wildman–Crippen LogP) is 2.47. The largest absolute Gasteiger partial charge is 0.439 e. The van der Waals surface area contributed by atoms with Gasteiger partial charge in [-0.2, -0.15) is 0 Å². The molecule has 1 aromatic heterocycles. The van der Waals surface area contributed by atoms with Gasteiger partial charge in [0, 0.05) is 22.7 Å². The topological polar surface area (TPSA) is 81.2 Å². The number of hydrogen-bond donors (Lipinski definition) is 2. The van der Waals surface area contributed by atoms with Crippen LogP contribution in [0.25, 0.3) is 0 Å². The molecule has 1 heterocycles. The number of nitrogen functional groups attached to an aromatic ring is 1. The smallest absolute Gasteiger partial charge is 0.260 e. The lowest BCUT2D eigenvalue weighted by molar-refractivity contribution is 0.0955. The van der Waals surface area contributed by atoms with Crippen LogP contribution in [0.1, 0.15) is 23.0 Å². The molecule has 0 unspecified atom stereocenters. The van der Waals surface area contributed by atoms with Gasteiger partial charge in [-0.1, -0.05) is 0 Å². The zero-order valence-electron chi connectivity index (χ0n) is 10.8. The lowest BCUT2D eigenvalue weighted by Gasteiger charge is -2.06. The molecule has 2 rings (SSSR count). The first kappa shape index (κ1) is 13.5. The van der Waals surface area contributed by atoms with Gasteiger partial charge >= 0.3 is 0 Å². The molecule has 0 saturated carbocycles. The number of amides is 1. The standard InChI is InChI=1S/C13H15N3O2S/c1-3-15-12(17)9-4-5-10(14)11(6-9)19-13-16-8(2)7-18-13/h4-7H,3,14H2,1-2H3,(H,15,17). The zero-order chi connectivity index (χ0) is 13.8. The number of carbonyl (C=O) groups is 1. The van der Waals surface area contributed by atoms with E-state index in [1.165, 1.54) is 11.8 Å². The average Bonchev–Trinajstić information content (AvgIpc) is 2.78. The van der Waals surface area contributed by atoms with Crippen LogP contribution in [0.2, 0.25) is 0 Å². The van der Waals surface area contributed by atoms with Crippen molar-refractivity contribution in [3.8, 4) is 0 Å². The van der Waals surface area contributed by atoms with Crippen LogP contribution < -0.4 is 11.1 Å². The van der Waals surface area contributed by atoms with Crippen LogP contribution in [0, 0.1) is 6.92 Å². The molecule has 0 bridgehead atoms. The zero-order valence-corrected chi connectivity index (χ0v) is 11.6. The normalized spacial score (nSPS) is 10.4. The number of anilines is 1. The highest BCUT2D eigenvalue weighted by Crippen LogP contribution is 2.32. The molecule has 1 amide bonds. The number of nitrogens with zero attached hydrogens (tertiary/aromatic N) is 1. The van der Waals surface area contributed by atoms with Gasteiger partial charge in [-0.25, -0.2) is 4.98 Å². The lowest BCUT2D eigenvalue weighted by Crippen LogP contribution is -2.22. The Morgan fingerprint density at radius 2 is 2.32 bits per heavy atom. The molecule has 0 spiro atoms. The van der Waals surface area contributed by atoms with Gasteiger partial charge in [-0.3, -0.25) is 4.79 Å². The van der Waals surface area contributed by atoms with E-state index < -0.39 is 0 Å². The highest BCUT2D eigenvalue weighted by Gasteiger charge is 2.11. The average molecular weight is 277 g/mol. The summed E-state index contributed by atoms with van der Waals surface area (Å²) in [6, 6.07) is 5.15. The summed E-state index contributed by atoms with van der Waals surface area (Å²) in [6.45, 7) is 4.31. The fourth-order valence-corrected chi connectivity index (χ4v) is 2.35. The highest BCUT2D eigenvalue weighted by molar-refractivity contribution is 7.99. The minimum absolute atomic E-state index is 0.118. The van der Waals surface area contributed by atoms with E-state index in [2.05, 4.69) is 10.3 Å². The van der Waals surface area contributed by atoms with E-state index in [-0.39, 0.29) is 5.91 Å². The molecule has 0 radical (unpaired) electrons. The third kappa shape index (κ3) is 3.29. The second-order valence-electron chi connectivity index (χ2n) is 3.97. The Labute approximate surface area is 115 Å². The molecule has 6 heteroatoms. The van der Waals surface area contributed by atoms with Gasteiger partial charge in [-0.05, 0) is 43.8 Å². The van der Waals surface area contributed by atoms with Crippen LogP contribution in [0.5, 0.6) is 0 Å². The minimum Gasteiger partial charge on any atom is -0.439 e. The molecule has 5 nitrogen and oxygen atoms in total. The molecular weight excluding hydrogens is 262 g/mol. The summed E-state index contributed by atoms with van der Waals surface area (Å²) >= 11 is 1.30. The maximum Gasteiger partial charge on any atom is 0.260 e. The predicted molar refractivity (Wildman–Crippen MR) is 74.2 cm³/mol. The van der Waals surface area contributed by atoms with Crippen molar-refractivity contribution in [1.82, 2.24) is 10.3 Å². The maximum absolute atomic E-state index is 11.8. The second-order valence-corrected chi connectivity index (χ2v) is 4.96. The number of aryl methyl sites for hydroxylation is 1. The van der Waals surface area contributed by atoms with Crippen molar-refractivity contribution in [2.45, 2.75) is 24.0 Å². The van der Waals surface area contributed by atoms with Crippen molar-refractivity contribution in [1.29, 1.82) is 0 Å². The van der Waals surface area contributed by atoms with E-state index in [1.807, 2.05) is 13.8 Å². The fourth-order valence-electron chi connectivity index (χ4n) is 1.50. The van der Waals surface area contributed by atoms with Gasteiger partial charge < -0.3 is 15.5 Å². The van der Waals surface area contributed by atoms with E-state index in [0.29, 0.717) is 23.0 Å². The van der Waals surface area contributed by atoms with Crippen molar-refractivity contribution < 1.29 is 9.21 Å². The van der Waals surface area contributed by atoms with Crippen molar-refractivity contribution >= 4 is 23.4 Å². The van der Waals surface area contributed by atoms with E-state index in [0.717, 1.165) is 10.6 Å². The van der Waals surface area contributed by atoms with Crippen LogP contribution in [0.4, 0.5) is 5.69 Å². The Morgan fingerprint density at radius 1 is 1.53 bits per heavy atom. The number of oxazole rings is 1. The van der Waals surface area contributed by atoms with E-state index in [9.17, 15) is 4.79 Å². The fraction of sp³-hybridized carbons (Fsp3) is 0.231. The summed E-state index contributed by atoms with van der Waals surface area (Å²) in [5.41, 5.74) is 7.87. The molecule has 1 aromatic carbocycles. The van der Waals surface area contributed by atoms with Crippen LogP contribution >= 0.6 is 11.8 Å². The van der Waals surface area contributed by atoms with Crippen LogP contribution in [-0.2, 0) is 0 Å². The molecule has 0 aliphatic carbocycles. The van der Waals surface area contributed by atoms with Gasteiger partial charge in [0.25, 0.3) is 11.1 Å². The molecule has 100 valence electrons. The second kappa shape index (κ2) is 5.79. The molecule has 0 saturated heterocycles. The SMILES string of the molecule is CCNC(=O)c1ccc(N)c(Sc2nc(C)co2)c1. The number of rotatable bonds is 4. The monoisotopic (exact) mass is 277 g/mol. The Morgan fingerprint density at radius 3 is 2.95 bits per heavy atom. The first-order valence-electron chi connectivity index (χ1n) is 5.88. The van der Waals surface area contributed by atoms with Crippen molar-refractivity contribution in [3.05, 3.63) is 35.7 Å². The summed E-state index contributed by atoms with van der Waals surface area (Å²) in [5, 5.41) is 3.26. The molecular formula is C13H15N3O2S. The first-order valence-corrected chi connectivity index (χ1v) is 6.69. The molecule has 3 N–H and O–H groups in total. The van der Waals surface area contributed by atoms with Gasteiger partial charge in [0.2, 0.25) is 0 Å². The Kier molecular flexibility index (Phi) is 4.11. The van der Waals surface area contributed by atoms with Crippen molar-refractivity contribution in [2.75, 3.05) is 12.3 Å². The molecule has 0 atom stereocenters. The quantitative estimate of drug-likeness (QED) is 0.839. The third-order valence-electron chi connectivity index (χ3n) is 2.41. The highest BCUT2D eigenvalue weighted by atomic mass is 32.2. The number of benzene rings is 1. The molecule has 0 fully saturated rings. The van der Waals surface area contributed by atoms with Gasteiger partial charge in [0.1, 0.15) is 6.26 Å². The lowest BCUT2D eigenvalue weighted by atomic mass is 10.2. The van der Waals surface area contributed by atoms with E-state index in [4.69, 9.17) is 10.2 Å². The maximum atomic E-state index is 11.8. The Hall–Kier alpha value is -1.95. The number of nitrogens with one attached hydrogen (secondary N) is 1. The number of carbonyl (C=O) groups excluding carboxylic acids is 1. The molecule has 0 aliphatic rings. The first-order chi connectivity index (χ1) is 9.10. The number of aromatic nitrogens is 1. The van der Waals surface area contributed by atoms with Gasteiger partial charge in [-0.15, -0.1) is 0 Å². The molecule has 19 heavy (non-hydrogen) atoms. The van der Waals surface area contributed by atoms with Crippen molar-refractivity contribution in [3.63, 3.8) is 0 Å². The van der Waals surface area contributed by atoms with Gasteiger partial charge in [0.15, 0.2) is 0 Å². The van der Waals surface area contributed by atoms with Gasteiger partial charge in [0.05, 0.1) is 5.69 Å². The summed E-state index contributed by atoms with van der Waals surface area (Å²) in [4.78, 5) is 16.7. The number of nitrogens with two attached hydrogens (primary N) is 1. The summed E-state index contributed by atoms with van der Waals surface area (Å²) < 4.78 is 5.27. The Bertz CT molecular complexity index is 595. The minimum atomic E-state index is -0.118. The van der Waals surface area contributed by atoms with Crippen LogP contribution in [0.3, 0.4) is 0 Å². The van der Waals surface area contributed by atoms with Crippen LogP contribution in [0.15, 0.2) is 39.0 Å². The summed E-state index contributed by atoms with van der Waals surface area (Å²) in [6.07, 6.45) is 1.58. The molecule has 0 aliphatic heterocycles. The Balaban J connectivity index is 2.24. The van der Waals surface area contributed by atoms with E-state index in [1.54, 1.807) is 24.5 Å². The molecule has 2 aromatic rings. The summed E-state index contributed by atoms with van der Waals surface area (Å²) in [7, 11) is 0.